The van der Waals surface area contributed by atoms with Crippen molar-refractivity contribution in [2.24, 2.45) is 5.73 Å². The average Bonchev–Trinajstić information content (AvgIpc) is 2.33. The first-order valence-corrected chi connectivity index (χ1v) is 6.10. The molecule has 3 N–H and O–H groups in total. The van der Waals surface area contributed by atoms with E-state index in [-0.39, 0.29) is 10.8 Å². The molecule has 0 aliphatic carbocycles. The van der Waals surface area contributed by atoms with Crippen LogP contribution < -0.4 is 11.1 Å². The van der Waals surface area contributed by atoms with Crippen molar-refractivity contribution in [1.29, 1.82) is 0 Å². The monoisotopic (exact) mass is 326 g/mol. The van der Waals surface area contributed by atoms with Crippen LogP contribution in [0, 0.1) is 5.82 Å². The summed E-state index contributed by atoms with van der Waals surface area (Å²) in [5, 5.41) is 2.99. The van der Waals surface area contributed by atoms with Crippen LogP contribution in [0.3, 0.4) is 0 Å². The molecule has 0 radical (unpaired) electrons. The van der Waals surface area contributed by atoms with Crippen LogP contribution in [0.5, 0.6) is 0 Å². The number of nitrogens with zero attached hydrogens (tertiary/aromatic N) is 2. The van der Waals surface area contributed by atoms with E-state index in [1.54, 1.807) is 6.07 Å². The lowest BCUT2D eigenvalue weighted by atomic mass is 10.3. The molecule has 0 aliphatic heterocycles. The van der Waals surface area contributed by atoms with E-state index in [0.29, 0.717) is 21.7 Å². The van der Waals surface area contributed by atoms with Crippen LogP contribution >= 0.6 is 28.1 Å². The van der Waals surface area contributed by atoms with Crippen LogP contribution in [0.2, 0.25) is 0 Å². The van der Waals surface area contributed by atoms with Gasteiger partial charge < -0.3 is 11.1 Å². The molecular formula is C11H8BrFN4S. The molecule has 1 aromatic carbocycles. The van der Waals surface area contributed by atoms with Crippen molar-refractivity contribution >= 4 is 44.6 Å². The van der Waals surface area contributed by atoms with Gasteiger partial charge in [-0.2, -0.15) is 0 Å². The zero-order chi connectivity index (χ0) is 13.1. The predicted octanol–water partition coefficient (Wildman–Crippen LogP) is 2.76. The molecule has 7 heteroatoms. The summed E-state index contributed by atoms with van der Waals surface area (Å²) in [7, 11) is 0. The van der Waals surface area contributed by atoms with Crippen molar-refractivity contribution in [2.75, 3.05) is 5.32 Å². The average molecular weight is 327 g/mol. The minimum Gasteiger partial charge on any atom is -0.388 e. The van der Waals surface area contributed by atoms with Crippen molar-refractivity contribution in [3.05, 3.63) is 46.6 Å². The van der Waals surface area contributed by atoms with Crippen LogP contribution in [0.1, 0.15) is 5.69 Å². The van der Waals surface area contributed by atoms with Crippen LogP contribution in [-0.4, -0.2) is 15.0 Å². The Kier molecular flexibility index (Phi) is 3.83. The van der Waals surface area contributed by atoms with Gasteiger partial charge in [0.2, 0.25) is 0 Å². The quantitative estimate of drug-likeness (QED) is 0.849. The minimum absolute atomic E-state index is 0.192. The van der Waals surface area contributed by atoms with Gasteiger partial charge in [-0.25, -0.2) is 14.4 Å². The molecule has 0 aliphatic rings. The van der Waals surface area contributed by atoms with Gasteiger partial charge in [-0.1, -0.05) is 12.2 Å². The van der Waals surface area contributed by atoms with Gasteiger partial charge >= 0.3 is 0 Å². The molecule has 2 aromatic rings. The Labute approximate surface area is 117 Å². The zero-order valence-electron chi connectivity index (χ0n) is 9.02. The molecule has 92 valence electrons. The van der Waals surface area contributed by atoms with Gasteiger partial charge in [-0.15, -0.1) is 0 Å². The Morgan fingerprint density at radius 3 is 2.67 bits per heavy atom. The highest BCUT2D eigenvalue weighted by Crippen LogP contribution is 2.25. The number of hydrogen-bond acceptors (Lipinski definition) is 4. The Balaban J connectivity index is 2.21. The van der Waals surface area contributed by atoms with Crippen LogP contribution in [0.25, 0.3) is 0 Å². The highest BCUT2D eigenvalue weighted by molar-refractivity contribution is 9.10. The third-order valence-electron chi connectivity index (χ3n) is 2.10. The van der Waals surface area contributed by atoms with Gasteiger partial charge in [0.15, 0.2) is 0 Å². The predicted molar refractivity (Wildman–Crippen MR) is 75.3 cm³/mol. The molecule has 0 unspecified atom stereocenters. The van der Waals surface area contributed by atoms with E-state index in [0.717, 1.165) is 0 Å². The largest absolute Gasteiger partial charge is 0.388 e. The number of benzene rings is 1. The molecule has 0 saturated heterocycles. The minimum atomic E-state index is -0.317. The molecule has 0 fully saturated rings. The number of anilines is 2. The Bertz CT molecular complexity index is 588. The summed E-state index contributed by atoms with van der Waals surface area (Å²) in [4.78, 5) is 8.34. The molecule has 0 atom stereocenters. The van der Waals surface area contributed by atoms with Gasteiger partial charge in [0, 0.05) is 4.47 Å². The van der Waals surface area contributed by atoms with Gasteiger partial charge in [-0.05, 0) is 34.1 Å². The van der Waals surface area contributed by atoms with E-state index in [1.165, 1.54) is 24.5 Å². The highest BCUT2D eigenvalue weighted by Gasteiger charge is 2.04. The van der Waals surface area contributed by atoms with E-state index in [9.17, 15) is 4.39 Å². The van der Waals surface area contributed by atoms with E-state index >= 15 is 0 Å². The van der Waals surface area contributed by atoms with Crippen molar-refractivity contribution in [3.8, 4) is 0 Å². The van der Waals surface area contributed by atoms with Crippen LogP contribution in [0.4, 0.5) is 15.9 Å². The third-order valence-corrected chi connectivity index (χ3v) is 2.96. The fourth-order valence-corrected chi connectivity index (χ4v) is 1.80. The molecule has 0 spiro atoms. The van der Waals surface area contributed by atoms with E-state index in [1.807, 2.05) is 0 Å². The molecule has 0 saturated carbocycles. The van der Waals surface area contributed by atoms with Gasteiger partial charge in [0.05, 0.1) is 18.1 Å². The molecule has 2 rings (SSSR count). The maximum Gasteiger partial charge on any atom is 0.148 e. The topological polar surface area (TPSA) is 63.8 Å². The molecular weight excluding hydrogens is 319 g/mol. The summed E-state index contributed by atoms with van der Waals surface area (Å²) in [5.74, 6) is 0.199. The number of nitrogens with one attached hydrogen (secondary N) is 1. The second-order valence-corrected chi connectivity index (χ2v) is 4.69. The van der Waals surface area contributed by atoms with Gasteiger partial charge in [-0.3, -0.25) is 0 Å². The fraction of sp³-hybridized carbons (Fsp3) is 0. The van der Waals surface area contributed by atoms with Crippen molar-refractivity contribution in [3.63, 3.8) is 0 Å². The maximum atomic E-state index is 12.9. The number of thiocarbonyl (C=S) groups is 1. The normalized spacial score (nSPS) is 10.1. The zero-order valence-corrected chi connectivity index (χ0v) is 11.4. The van der Waals surface area contributed by atoms with Crippen molar-refractivity contribution < 1.29 is 4.39 Å². The number of halogens is 2. The Morgan fingerprint density at radius 1 is 1.33 bits per heavy atom. The lowest BCUT2D eigenvalue weighted by Gasteiger charge is -2.07. The lowest BCUT2D eigenvalue weighted by Crippen LogP contribution is -2.12. The molecule has 1 aromatic heterocycles. The van der Waals surface area contributed by atoms with Crippen molar-refractivity contribution in [1.82, 2.24) is 9.97 Å². The SMILES string of the molecule is NC(=S)c1cnc(Nc2ccc(F)cc2Br)cn1. The fourth-order valence-electron chi connectivity index (χ4n) is 1.25. The van der Waals surface area contributed by atoms with E-state index < -0.39 is 0 Å². The molecule has 0 amide bonds. The molecule has 18 heavy (non-hydrogen) atoms. The summed E-state index contributed by atoms with van der Waals surface area (Å²) in [6, 6.07) is 4.31. The standard InChI is InChI=1S/C11H8BrFN4S/c12-7-3-6(13)1-2-8(7)17-10-5-15-9(4-16-10)11(14)18/h1-5H,(H2,14,18)(H,16,17). The summed E-state index contributed by atoms with van der Waals surface area (Å²) in [6.07, 6.45) is 2.98. The second kappa shape index (κ2) is 5.36. The van der Waals surface area contributed by atoms with E-state index in [4.69, 9.17) is 18.0 Å². The summed E-state index contributed by atoms with van der Waals surface area (Å²) in [6.45, 7) is 0. The summed E-state index contributed by atoms with van der Waals surface area (Å²) in [5.41, 5.74) is 6.56. The first kappa shape index (κ1) is 12.8. The maximum absolute atomic E-state index is 12.9. The number of hydrogen-bond donors (Lipinski definition) is 2. The third kappa shape index (κ3) is 2.99. The molecule has 0 bridgehead atoms. The Hall–Kier alpha value is -1.60. The molecule has 4 nitrogen and oxygen atoms in total. The van der Waals surface area contributed by atoms with Crippen LogP contribution in [0.15, 0.2) is 35.1 Å². The first-order chi connectivity index (χ1) is 8.56. The first-order valence-electron chi connectivity index (χ1n) is 4.90. The number of nitrogens with two attached hydrogens (primary N) is 1. The summed E-state index contributed by atoms with van der Waals surface area (Å²) >= 11 is 8.03. The lowest BCUT2D eigenvalue weighted by molar-refractivity contribution is 0.627. The Morgan fingerprint density at radius 2 is 2.11 bits per heavy atom. The summed E-state index contributed by atoms with van der Waals surface area (Å²) < 4.78 is 13.5. The van der Waals surface area contributed by atoms with E-state index in [2.05, 4.69) is 31.2 Å². The molecule has 1 heterocycles. The smallest absolute Gasteiger partial charge is 0.148 e. The number of aromatic nitrogens is 2. The van der Waals surface area contributed by atoms with Crippen LogP contribution in [-0.2, 0) is 0 Å². The van der Waals surface area contributed by atoms with Gasteiger partial charge in [0.1, 0.15) is 22.3 Å². The van der Waals surface area contributed by atoms with Gasteiger partial charge in [0.25, 0.3) is 0 Å². The second-order valence-electron chi connectivity index (χ2n) is 3.40. The van der Waals surface area contributed by atoms with Crippen molar-refractivity contribution in [2.45, 2.75) is 0 Å². The highest BCUT2D eigenvalue weighted by atomic mass is 79.9. The number of rotatable bonds is 3.